The third kappa shape index (κ3) is 4.31. The summed E-state index contributed by atoms with van der Waals surface area (Å²) in [6.07, 6.45) is 2.31. The third-order valence-corrected chi connectivity index (χ3v) is 4.37. The van der Waals surface area contributed by atoms with Crippen molar-refractivity contribution in [2.45, 2.75) is 13.3 Å². The number of hydrogen-bond acceptors (Lipinski definition) is 6. The van der Waals surface area contributed by atoms with Crippen LogP contribution in [0, 0.1) is 0 Å². The van der Waals surface area contributed by atoms with Gasteiger partial charge < -0.3 is 23.8 Å². The second kappa shape index (κ2) is 9.23. The Morgan fingerprint density at radius 2 is 1.89 bits per heavy atom. The summed E-state index contributed by atoms with van der Waals surface area (Å²) in [6.45, 7) is 2.72. The molecule has 0 atom stereocenters. The molecular formula is C20H25NO6. The fourth-order valence-electron chi connectivity index (χ4n) is 2.96. The lowest BCUT2D eigenvalue weighted by Crippen LogP contribution is -2.26. The molecule has 0 fully saturated rings. The standard InChI is InChI=1S/C20H25NO6/c1-13-18(20(23)27-5)16(19(22)21(13)9-6-10-24-2)11-14-7-8-15(25-3)12-17(14)26-4/h7-8,11-12H,6,9-10H2,1-5H3/b16-11-. The van der Waals surface area contributed by atoms with E-state index in [4.69, 9.17) is 18.9 Å². The molecule has 1 aliphatic rings. The third-order valence-electron chi connectivity index (χ3n) is 4.37. The number of ether oxygens (including phenoxy) is 4. The largest absolute Gasteiger partial charge is 0.497 e. The van der Waals surface area contributed by atoms with Crippen LogP contribution in [0.1, 0.15) is 18.9 Å². The Balaban J connectivity index is 2.48. The quantitative estimate of drug-likeness (QED) is 0.395. The van der Waals surface area contributed by atoms with Gasteiger partial charge in [0.05, 0.1) is 32.5 Å². The molecule has 0 spiro atoms. The molecule has 0 saturated carbocycles. The van der Waals surface area contributed by atoms with Gasteiger partial charge in [-0.15, -0.1) is 0 Å². The number of allylic oxidation sites excluding steroid dienone is 1. The Hall–Kier alpha value is -2.80. The van der Waals surface area contributed by atoms with E-state index in [1.165, 1.54) is 14.2 Å². The van der Waals surface area contributed by atoms with Crippen molar-refractivity contribution >= 4 is 18.0 Å². The highest BCUT2D eigenvalue weighted by Gasteiger charge is 2.36. The van der Waals surface area contributed by atoms with Crippen molar-refractivity contribution in [3.63, 3.8) is 0 Å². The molecule has 0 aromatic heterocycles. The van der Waals surface area contributed by atoms with Crippen LogP contribution < -0.4 is 9.47 Å². The van der Waals surface area contributed by atoms with E-state index >= 15 is 0 Å². The highest BCUT2D eigenvalue weighted by molar-refractivity contribution is 6.16. The number of nitrogens with zero attached hydrogens (tertiary/aromatic N) is 1. The summed E-state index contributed by atoms with van der Waals surface area (Å²) in [5.74, 6) is 0.373. The maximum atomic E-state index is 13.0. The molecule has 0 bridgehead atoms. The van der Waals surface area contributed by atoms with Crippen molar-refractivity contribution in [2.75, 3.05) is 41.6 Å². The van der Waals surface area contributed by atoms with Gasteiger partial charge >= 0.3 is 5.97 Å². The number of carbonyl (C=O) groups excluding carboxylic acids is 2. The molecule has 1 aliphatic heterocycles. The Labute approximate surface area is 159 Å². The number of benzene rings is 1. The van der Waals surface area contributed by atoms with E-state index in [1.54, 1.807) is 50.3 Å². The zero-order valence-corrected chi connectivity index (χ0v) is 16.3. The number of carbonyl (C=O) groups is 2. The molecule has 1 amide bonds. The lowest BCUT2D eigenvalue weighted by atomic mass is 10.0. The first kappa shape index (κ1) is 20.5. The predicted octanol–water partition coefficient (Wildman–Crippen LogP) is 2.41. The molecule has 0 unspecified atom stereocenters. The normalized spacial score (nSPS) is 15.5. The first-order chi connectivity index (χ1) is 13.0. The number of amides is 1. The SMILES string of the molecule is COCCCN1C(=O)/C(=C\c2ccc(OC)cc2OC)C(C(=O)OC)=C1C. The minimum Gasteiger partial charge on any atom is -0.497 e. The summed E-state index contributed by atoms with van der Waals surface area (Å²) >= 11 is 0. The van der Waals surface area contributed by atoms with Crippen molar-refractivity contribution in [3.05, 3.63) is 40.6 Å². The summed E-state index contributed by atoms with van der Waals surface area (Å²) < 4.78 is 20.5. The maximum Gasteiger partial charge on any atom is 0.340 e. The average Bonchev–Trinajstić information content (AvgIpc) is 2.92. The Morgan fingerprint density at radius 3 is 2.48 bits per heavy atom. The summed E-state index contributed by atoms with van der Waals surface area (Å²) in [5.41, 5.74) is 1.77. The Bertz CT molecular complexity index is 781. The summed E-state index contributed by atoms with van der Waals surface area (Å²) in [7, 11) is 6.00. The lowest BCUT2D eigenvalue weighted by molar-refractivity contribution is -0.136. The molecule has 7 heteroatoms. The second-order valence-electron chi connectivity index (χ2n) is 5.92. The van der Waals surface area contributed by atoms with Gasteiger partial charge in [0.2, 0.25) is 0 Å². The van der Waals surface area contributed by atoms with Gasteiger partial charge in [-0.05, 0) is 31.6 Å². The molecular weight excluding hydrogens is 350 g/mol. The van der Waals surface area contributed by atoms with Crippen molar-refractivity contribution in [3.8, 4) is 11.5 Å². The molecule has 0 saturated heterocycles. The van der Waals surface area contributed by atoms with Gasteiger partial charge in [-0.25, -0.2) is 4.79 Å². The highest BCUT2D eigenvalue weighted by Crippen LogP contribution is 2.34. The van der Waals surface area contributed by atoms with Crippen LogP contribution >= 0.6 is 0 Å². The van der Waals surface area contributed by atoms with Crippen LogP contribution in [-0.4, -0.2) is 58.4 Å². The maximum absolute atomic E-state index is 13.0. The molecule has 27 heavy (non-hydrogen) atoms. The van der Waals surface area contributed by atoms with Gasteiger partial charge in [0.25, 0.3) is 5.91 Å². The van der Waals surface area contributed by atoms with Crippen molar-refractivity contribution in [2.24, 2.45) is 0 Å². The smallest absolute Gasteiger partial charge is 0.340 e. The second-order valence-corrected chi connectivity index (χ2v) is 5.92. The van der Waals surface area contributed by atoms with Crippen LogP contribution in [0.4, 0.5) is 0 Å². The van der Waals surface area contributed by atoms with Crippen molar-refractivity contribution < 1.29 is 28.5 Å². The highest BCUT2D eigenvalue weighted by atomic mass is 16.5. The first-order valence-electron chi connectivity index (χ1n) is 8.52. The number of hydrogen-bond donors (Lipinski definition) is 0. The molecule has 0 aliphatic carbocycles. The Kier molecular flexibility index (Phi) is 7.01. The van der Waals surface area contributed by atoms with Crippen LogP contribution in [-0.2, 0) is 19.1 Å². The molecule has 2 rings (SSSR count). The summed E-state index contributed by atoms with van der Waals surface area (Å²) in [6, 6.07) is 5.26. The van der Waals surface area contributed by atoms with E-state index in [0.29, 0.717) is 42.3 Å². The molecule has 1 heterocycles. The fraction of sp³-hybridized carbons (Fsp3) is 0.400. The van der Waals surface area contributed by atoms with E-state index in [2.05, 4.69) is 0 Å². The van der Waals surface area contributed by atoms with E-state index in [0.717, 1.165) is 0 Å². The van der Waals surface area contributed by atoms with Crippen LogP contribution in [0.5, 0.6) is 11.5 Å². The van der Waals surface area contributed by atoms with E-state index in [1.807, 2.05) is 0 Å². The lowest BCUT2D eigenvalue weighted by Gasteiger charge is -2.17. The summed E-state index contributed by atoms with van der Waals surface area (Å²) in [5, 5.41) is 0. The zero-order chi connectivity index (χ0) is 20.0. The van der Waals surface area contributed by atoms with Gasteiger partial charge in [0.1, 0.15) is 11.5 Å². The average molecular weight is 375 g/mol. The monoisotopic (exact) mass is 375 g/mol. The predicted molar refractivity (Wildman–Crippen MR) is 100 cm³/mol. The fourth-order valence-corrected chi connectivity index (χ4v) is 2.96. The Morgan fingerprint density at radius 1 is 1.15 bits per heavy atom. The summed E-state index contributed by atoms with van der Waals surface area (Å²) in [4.78, 5) is 26.9. The van der Waals surface area contributed by atoms with E-state index in [9.17, 15) is 9.59 Å². The van der Waals surface area contributed by atoms with Crippen molar-refractivity contribution in [1.29, 1.82) is 0 Å². The molecule has 0 N–H and O–H groups in total. The minimum atomic E-state index is -0.547. The topological polar surface area (TPSA) is 74.3 Å². The van der Waals surface area contributed by atoms with Gasteiger partial charge in [0.15, 0.2) is 0 Å². The van der Waals surface area contributed by atoms with Gasteiger partial charge in [-0.3, -0.25) is 4.79 Å². The number of rotatable bonds is 8. The minimum absolute atomic E-state index is 0.248. The molecule has 0 radical (unpaired) electrons. The van der Waals surface area contributed by atoms with E-state index < -0.39 is 5.97 Å². The molecule has 7 nitrogen and oxygen atoms in total. The van der Waals surface area contributed by atoms with Crippen LogP contribution in [0.3, 0.4) is 0 Å². The molecule has 1 aromatic rings. The van der Waals surface area contributed by atoms with Gasteiger partial charge in [-0.1, -0.05) is 0 Å². The van der Waals surface area contributed by atoms with Crippen LogP contribution in [0.15, 0.2) is 35.0 Å². The zero-order valence-electron chi connectivity index (χ0n) is 16.3. The first-order valence-corrected chi connectivity index (χ1v) is 8.52. The number of esters is 1. The van der Waals surface area contributed by atoms with Crippen LogP contribution in [0.25, 0.3) is 6.08 Å². The number of methoxy groups -OCH3 is 4. The van der Waals surface area contributed by atoms with Gasteiger partial charge in [-0.2, -0.15) is 0 Å². The van der Waals surface area contributed by atoms with E-state index in [-0.39, 0.29) is 17.1 Å². The van der Waals surface area contributed by atoms with Gasteiger partial charge in [0, 0.05) is 37.6 Å². The van der Waals surface area contributed by atoms with Crippen molar-refractivity contribution in [1.82, 2.24) is 4.90 Å². The molecule has 146 valence electrons. The molecule has 1 aromatic carbocycles. The van der Waals surface area contributed by atoms with Crippen LogP contribution in [0.2, 0.25) is 0 Å².